The van der Waals surface area contributed by atoms with Crippen molar-refractivity contribution in [2.45, 2.75) is 200 Å². The molecule has 2 heterocycles. The van der Waals surface area contributed by atoms with Crippen molar-refractivity contribution in [1.82, 2.24) is 15.1 Å². The molecule has 0 saturated heterocycles. The lowest BCUT2D eigenvalue weighted by atomic mass is 9.93. The molecule has 0 bridgehead atoms. The number of amides is 1. The lowest BCUT2D eigenvalue weighted by Crippen LogP contribution is -2.36. The van der Waals surface area contributed by atoms with E-state index < -0.39 is 6.23 Å². The van der Waals surface area contributed by atoms with Gasteiger partial charge in [0.1, 0.15) is 18.1 Å². The van der Waals surface area contributed by atoms with E-state index in [0.717, 1.165) is 66.0 Å². The summed E-state index contributed by atoms with van der Waals surface area (Å²) in [4.78, 5) is 45.2. The molecule has 0 saturated carbocycles. The second-order valence-corrected chi connectivity index (χ2v) is 16.8. The van der Waals surface area contributed by atoms with Crippen LogP contribution in [-0.2, 0) is 32.1 Å². The minimum absolute atomic E-state index is 0.0142. The number of hydrogen-bond donors (Lipinski definition) is 2. The molecule has 9 heteroatoms. The van der Waals surface area contributed by atoms with Crippen LogP contribution in [0.2, 0.25) is 0 Å². The Hall–Kier alpha value is -1.81. The van der Waals surface area contributed by atoms with E-state index in [9.17, 15) is 19.5 Å². The fraction of sp³-hybridized carbons (Fsp3) is 0.837. The maximum absolute atomic E-state index is 13.4. The number of ether oxygens (including phenoxy) is 1. The van der Waals surface area contributed by atoms with Crippen LogP contribution in [0.1, 0.15) is 202 Å². The van der Waals surface area contributed by atoms with Gasteiger partial charge in [-0.2, -0.15) is 0 Å². The number of likely N-dealkylation sites (N-methyl/N-ethyl adjacent to an activating group) is 1. The van der Waals surface area contributed by atoms with Crippen LogP contribution in [0.4, 0.5) is 0 Å². The number of unbranched alkanes of at least 4 members (excludes halogenated alkanes) is 12. The number of aliphatic hydroxyl groups is 1. The molecule has 8 nitrogen and oxygen atoms in total. The molecule has 1 aromatic heterocycles. The van der Waals surface area contributed by atoms with Crippen LogP contribution in [0.3, 0.4) is 0 Å². The monoisotopic (exact) mass is 748 g/mol. The van der Waals surface area contributed by atoms with Crippen LogP contribution in [0.15, 0.2) is 0 Å². The summed E-state index contributed by atoms with van der Waals surface area (Å²) in [7, 11) is 4.02. The fourth-order valence-corrected chi connectivity index (χ4v) is 8.73. The van der Waals surface area contributed by atoms with Crippen LogP contribution < -0.4 is 5.32 Å². The lowest BCUT2D eigenvalue weighted by molar-refractivity contribution is -0.150. The van der Waals surface area contributed by atoms with Gasteiger partial charge in [0, 0.05) is 60.6 Å². The molecule has 0 fully saturated rings. The second kappa shape index (κ2) is 27.7. The minimum atomic E-state index is -0.804. The molecule has 52 heavy (non-hydrogen) atoms. The zero-order valence-electron chi connectivity index (χ0n) is 34.2. The molecule has 0 aliphatic carbocycles. The van der Waals surface area contributed by atoms with Gasteiger partial charge in [-0.15, -0.1) is 11.3 Å². The van der Waals surface area contributed by atoms with Crippen molar-refractivity contribution in [3.8, 4) is 0 Å². The van der Waals surface area contributed by atoms with Gasteiger partial charge in [-0.05, 0) is 76.9 Å². The molecule has 2 unspecified atom stereocenters. The van der Waals surface area contributed by atoms with E-state index in [1.165, 1.54) is 64.2 Å². The molecule has 1 aromatic rings. The average molecular weight is 748 g/mol. The Bertz CT molecular complexity index is 1120. The molecule has 300 valence electrons. The molecule has 1 aliphatic rings. The third-order valence-corrected chi connectivity index (χ3v) is 12.0. The van der Waals surface area contributed by atoms with Gasteiger partial charge in [0.25, 0.3) is 0 Å². The van der Waals surface area contributed by atoms with Crippen LogP contribution >= 0.6 is 11.3 Å². The van der Waals surface area contributed by atoms with E-state index in [-0.39, 0.29) is 29.7 Å². The van der Waals surface area contributed by atoms with Gasteiger partial charge in [-0.1, -0.05) is 98.3 Å². The van der Waals surface area contributed by atoms with Crippen LogP contribution in [0, 0.1) is 0 Å². The van der Waals surface area contributed by atoms with Crippen molar-refractivity contribution >= 4 is 29.0 Å². The van der Waals surface area contributed by atoms with E-state index >= 15 is 0 Å². The molecule has 1 amide bonds. The van der Waals surface area contributed by atoms with Crippen LogP contribution in [-0.4, -0.2) is 72.4 Å². The number of Topliss-reactive ketones (excluding diaryl/α,β-unsaturated/α-hetero) is 1. The molecular formula is C43H77N3O5S. The number of nitrogens with zero attached hydrogens (tertiary/aromatic N) is 2. The third kappa shape index (κ3) is 18.5. The first-order chi connectivity index (χ1) is 25.1. The van der Waals surface area contributed by atoms with E-state index in [1.54, 1.807) is 11.3 Å². The van der Waals surface area contributed by atoms with Crippen molar-refractivity contribution in [3.63, 3.8) is 0 Å². The van der Waals surface area contributed by atoms with Crippen molar-refractivity contribution in [2.75, 3.05) is 33.7 Å². The summed E-state index contributed by atoms with van der Waals surface area (Å²) in [5, 5.41) is 14.6. The molecule has 2 N–H and O–H groups in total. The molecule has 0 radical (unpaired) electrons. The normalized spacial score (nSPS) is 14.2. The summed E-state index contributed by atoms with van der Waals surface area (Å²) >= 11 is 1.67. The zero-order valence-corrected chi connectivity index (χ0v) is 35.0. The number of fused-ring (bicyclic) bond motifs is 1. The Morgan fingerprint density at radius 1 is 0.827 bits per heavy atom. The Morgan fingerprint density at radius 2 is 1.42 bits per heavy atom. The van der Waals surface area contributed by atoms with Crippen molar-refractivity contribution in [3.05, 3.63) is 20.9 Å². The quantitative estimate of drug-likeness (QED) is 0.0443. The van der Waals surface area contributed by atoms with Gasteiger partial charge in [-0.3, -0.25) is 19.7 Å². The number of rotatable bonds is 31. The van der Waals surface area contributed by atoms with Crippen LogP contribution in [0.25, 0.3) is 0 Å². The molecule has 1 aliphatic heterocycles. The third-order valence-electron chi connectivity index (χ3n) is 10.5. The summed E-state index contributed by atoms with van der Waals surface area (Å²) in [6, 6.07) is 0. The lowest BCUT2D eigenvalue weighted by Gasteiger charge is -2.28. The number of carbonyl (C=O) groups is 3. The topological polar surface area (TPSA) is 99.2 Å². The molecule has 2 atom stereocenters. The highest BCUT2D eigenvalue weighted by molar-refractivity contribution is 7.12. The predicted octanol–water partition coefficient (Wildman–Crippen LogP) is 10.0. The maximum Gasteiger partial charge on any atom is 0.306 e. The Kier molecular flexibility index (Phi) is 24.7. The fourth-order valence-electron chi connectivity index (χ4n) is 7.28. The summed E-state index contributed by atoms with van der Waals surface area (Å²) in [6.45, 7) is 11.3. The molecule has 0 spiro atoms. The van der Waals surface area contributed by atoms with Crippen molar-refractivity contribution < 1.29 is 24.2 Å². The van der Waals surface area contributed by atoms with Gasteiger partial charge in [0.15, 0.2) is 0 Å². The summed E-state index contributed by atoms with van der Waals surface area (Å²) in [5.74, 6) is 0.289. The van der Waals surface area contributed by atoms with Gasteiger partial charge < -0.3 is 19.6 Å². The first-order valence-electron chi connectivity index (χ1n) is 21.3. The molecule has 2 rings (SSSR count). The number of nitrogens with one attached hydrogen (secondary N) is 1. The van der Waals surface area contributed by atoms with E-state index in [4.69, 9.17) is 4.74 Å². The number of carbonyl (C=O) groups excluding carboxylic acids is 3. The van der Waals surface area contributed by atoms with Gasteiger partial charge >= 0.3 is 5.97 Å². The highest BCUT2D eigenvalue weighted by Crippen LogP contribution is 2.41. The number of thiophene rings is 1. The molecular weight excluding hydrogens is 671 g/mol. The predicted molar refractivity (Wildman–Crippen MR) is 217 cm³/mol. The van der Waals surface area contributed by atoms with E-state index in [1.807, 2.05) is 19.0 Å². The largest absolute Gasteiger partial charge is 0.462 e. The first kappa shape index (κ1) is 46.3. The average Bonchev–Trinajstić information content (AvgIpc) is 3.51. The summed E-state index contributed by atoms with van der Waals surface area (Å²) in [6.07, 6.45) is 21.8. The van der Waals surface area contributed by atoms with Crippen LogP contribution in [0.5, 0.6) is 0 Å². The number of ketones is 1. The van der Waals surface area contributed by atoms with E-state index in [2.05, 4.69) is 37.9 Å². The Labute approximate surface area is 322 Å². The highest BCUT2D eigenvalue weighted by atomic mass is 32.1. The standard InChI is InChI=1S/C43H77N3O5S/c1-7-10-13-15-17-19-24-36(25-20-18-16-14-11-8-2)51-40(49)27-22-21-26-39(48)46-30-28-37-38(33-46)52-42(34(4)32-35(47)23-12-9-3)41(37)43(50)44-29-31-45(5)6/h34,36,43-44,50H,7-33H2,1-6H3. The van der Waals surface area contributed by atoms with Gasteiger partial charge in [0.2, 0.25) is 5.91 Å². The molecule has 0 aromatic carbocycles. The number of aliphatic hydroxyl groups excluding tert-OH is 1. The van der Waals surface area contributed by atoms with Crippen molar-refractivity contribution in [2.24, 2.45) is 0 Å². The zero-order chi connectivity index (χ0) is 38.1. The SMILES string of the molecule is CCCCCCCCC(CCCCCCCC)OC(=O)CCCCC(=O)N1CCc2c(sc(C(C)CC(=O)CCCC)c2C(O)NCCN(C)C)C1. The first-order valence-corrected chi connectivity index (χ1v) is 22.1. The number of esters is 1. The smallest absolute Gasteiger partial charge is 0.306 e. The Morgan fingerprint density at radius 3 is 2.04 bits per heavy atom. The highest BCUT2D eigenvalue weighted by Gasteiger charge is 2.31. The summed E-state index contributed by atoms with van der Waals surface area (Å²) in [5.41, 5.74) is 2.06. The second-order valence-electron chi connectivity index (χ2n) is 15.7. The van der Waals surface area contributed by atoms with Gasteiger partial charge in [-0.25, -0.2) is 0 Å². The van der Waals surface area contributed by atoms with Crippen molar-refractivity contribution in [1.29, 1.82) is 0 Å². The van der Waals surface area contributed by atoms with E-state index in [0.29, 0.717) is 64.6 Å². The number of hydrogen-bond acceptors (Lipinski definition) is 8. The summed E-state index contributed by atoms with van der Waals surface area (Å²) < 4.78 is 6.02. The minimum Gasteiger partial charge on any atom is -0.462 e. The van der Waals surface area contributed by atoms with Gasteiger partial charge in [0.05, 0.1) is 6.54 Å². The maximum atomic E-state index is 13.4. The Balaban J connectivity index is 1.91.